The highest BCUT2D eigenvalue weighted by Gasteiger charge is 2.11. The predicted molar refractivity (Wildman–Crippen MR) is 109 cm³/mol. The van der Waals surface area contributed by atoms with Crippen LogP contribution in [0.15, 0.2) is 42.1 Å². The maximum Gasteiger partial charge on any atom is 0.213 e. The lowest BCUT2D eigenvalue weighted by atomic mass is 10.0. The van der Waals surface area contributed by atoms with Gasteiger partial charge in [0.15, 0.2) is 0 Å². The van der Waals surface area contributed by atoms with Crippen molar-refractivity contribution in [3.63, 3.8) is 0 Å². The van der Waals surface area contributed by atoms with Crippen molar-refractivity contribution in [1.29, 1.82) is 0 Å². The number of hydrogen-bond acceptors (Lipinski definition) is 4. The number of pyridine rings is 1. The number of nitrogens with zero attached hydrogens (tertiary/aromatic N) is 3. The second-order valence-corrected chi connectivity index (χ2v) is 7.37. The van der Waals surface area contributed by atoms with Gasteiger partial charge in [-0.1, -0.05) is 11.6 Å². The second kappa shape index (κ2) is 8.10. The van der Waals surface area contributed by atoms with Gasteiger partial charge < -0.3 is 14.6 Å². The average molecular weight is 380 g/mol. The summed E-state index contributed by atoms with van der Waals surface area (Å²) in [4.78, 5) is 14.4. The molecule has 2 aromatic heterocycles. The van der Waals surface area contributed by atoms with Crippen LogP contribution in [0.1, 0.15) is 24.8 Å². The lowest BCUT2D eigenvalue weighted by molar-refractivity contribution is 0.296. The zero-order valence-electron chi connectivity index (χ0n) is 16.3. The number of nitrogens with one attached hydrogen (secondary N) is 1. The second-order valence-electron chi connectivity index (χ2n) is 7.37. The molecule has 5 nitrogen and oxygen atoms in total. The molecule has 0 spiro atoms. The van der Waals surface area contributed by atoms with Crippen molar-refractivity contribution in [3.05, 3.63) is 53.5 Å². The van der Waals surface area contributed by atoms with E-state index in [0.717, 1.165) is 43.4 Å². The summed E-state index contributed by atoms with van der Waals surface area (Å²) in [5.41, 5.74) is 4.39. The number of benzene rings is 1. The highest BCUT2D eigenvalue weighted by Crippen LogP contribution is 2.24. The van der Waals surface area contributed by atoms with Crippen LogP contribution in [-0.2, 0) is 0 Å². The quantitative estimate of drug-likeness (QED) is 0.506. The summed E-state index contributed by atoms with van der Waals surface area (Å²) in [5.74, 6) is 1.04. The summed E-state index contributed by atoms with van der Waals surface area (Å²) in [6.07, 6.45) is 7.30. The molecule has 1 aliphatic rings. The van der Waals surface area contributed by atoms with Gasteiger partial charge in [-0.2, -0.15) is 0 Å². The highest BCUT2D eigenvalue weighted by molar-refractivity contribution is 5.82. The molecule has 3 heterocycles. The van der Waals surface area contributed by atoms with E-state index in [0.29, 0.717) is 29.4 Å². The van der Waals surface area contributed by atoms with Gasteiger partial charge in [0.25, 0.3) is 0 Å². The summed E-state index contributed by atoms with van der Waals surface area (Å²) in [5, 5.41) is 0. The van der Waals surface area contributed by atoms with Crippen LogP contribution in [0.3, 0.4) is 0 Å². The Morgan fingerprint density at radius 2 is 2.14 bits per heavy atom. The van der Waals surface area contributed by atoms with Gasteiger partial charge in [-0.3, -0.25) is 0 Å². The fraction of sp³-hybridized carbons (Fsp3) is 0.364. The van der Waals surface area contributed by atoms with Crippen LogP contribution in [0.25, 0.3) is 22.4 Å². The minimum atomic E-state index is -0.247. The van der Waals surface area contributed by atoms with Crippen molar-refractivity contribution in [2.45, 2.75) is 26.2 Å². The molecule has 0 fully saturated rings. The van der Waals surface area contributed by atoms with E-state index in [4.69, 9.17) is 4.74 Å². The molecular formula is C22H25FN4O. The number of hydrogen-bond donors (Lipinski definition) is 1. The molecule has 0 aliphatic carbocycles. The van der Waals surface area contributed by atoms with Crippen LogP contribution < -0.4 is 4.74 Å². The Labute approximate surface area is 164 Å². The molecule has 4 rings (SSSR count). The molecule has 146 valence electrons. The van der Waals surface area contributed by atoms with E-state index in [1.165, 1.54) is 11.6 Å². The number of aryl methyl sites for hydroxylation is 1. The topological polar surface area (TPSA) is 54.0 Å². The third kappa shape index (κ3) is 4.07. The number of rotatable bonds is 6. The largest absolute Gasteiger partial charge is 0.478 e. The number of H-pyrrole nitrogens is 1. The summed E-state index contributed by atoms with van der Waals surface area (Å²) in [6, 6.07) is 6.94. The number of likely N-dealkylation sites (N-methyl/N-ethyl adjacent to an activating group) is 1. The molecule has 0 amide bonds. The van der Waals surface area contributed by atoms with Crippen LogP contribution in [-0.4, -0.2) is 46.6 Å². The van der Waals surface area contributed by atoms with E-state index in [1.807, 2.05) is 12.1 Å². The summed E-state index contributed by atoms with van der Waals surface area (Å²) >= 11 is 0. The van der Waals surface area contributed by atoms with E-state index in [-0.39, 0.29) is 5.82 Å². The van der Waals surface area contributed by atoms with Gasteiger partial charge in [0.2, 0.25) is 5.88 Å². The monoisotopic (exact) mass is 380 g/mol. The lowest BCUT2D eigenvalue weighted by Gasteiger charge is -2.21. The van der Waals surface area contributed by atoms with E-state index in [9.17, 15) is 4.39 Å². The molecule has 0 radical (unpaired) electrons. The van der Waals surface area contributed by atoms with Gasteiger partial charge in [0.05, 0.1) is 17.6 Å². The molecular weight excluding hydrogens is 355 g/mol. The Balaban J connectivity index is 1.34. The third-order valence-corrected chi connectivity index (χ3v) is 5.25. The molecule has 3 aromatic rings. The van der Waals surface area contributed by atoms with E-state index >= 15 is 0 Å². The van der Waals surface area contributed by atoms with Crippen LogP contribution in [0.4, 0.5) is 4.39 Å². The smallest absolute Gasteiger partial charge is 0.213 e. The first kappa shape index (κ1) is 18.6. The predicted octanol–water partition coefficient (Wildman–Crippen LogP) is 4.49. The minimum absolute atomic E-state index is 0.247. The Morgan fingerprint density at radius 1 is 1.25 bits per heavy atom. The molecule has 1 aromatic carbocycles. The number of aromatic amines is 1. The van der Waals surface area contributed by atoms with Crippen LogP contribution >= 0.6 is 0 Å². The van der Waals surface area contributed by atoms with Gasteiger partial charge in [0, 0.05) is 36.5 Å². The SMILES string of the molecule is Cc1c(F)ccc2[nH]c(-c3ccc(OCCCC4=CCN(C)CC4)nc3)nc12. The van der Waals surface area contributed by atoms with Crippen molar-refractivity contribution in [3.8, 4) is 17.3 Å². The van der Waals surface area contributed by atoms with Crippen molar-refractivity contribution in [2.24, 2.45) is 0 Å². The number of aromatic nitrogens is 3. The van der Waals surface area contributed by atoms with Gasteiger partial charge in [-0.05, 0) is 51.4 Å². The number of ether oxygens (including phenoxy) is 1. The fourth-order valence-electron chi connectivity index (χ4n) is 3.45. The number of imidazole rings is 1. The summed E-state index contributed by atoms with van der Waals surface area (Å²) in [7, 11) is 2.15. The molecule has 0 bridgehead atoms. The first-order valence-electron chi connectivity index (χ1n) is 9.70. The Hall–Kier alpha value is -2.73. The highest BCUT2D eigenvalue weighted by atomic mass is 19.1. The fourth-order valence-corrected chi connectivity index (χ4v) is 3.45. The number of halogens is 1. The van der Waals surface area contributed by atoms with Gasteiger partial charge in [-0.25, -0.2) is 14.4 Å². The normalized spacial score (nSPS) is 15.0. The number of fused-ring (bicyclic) bond motifs is 1. The van der Waals surface area contributed by atoms with Crippen LogP contribution in [0.5, 0.6) is 5.88 Å². The molecule has 0 atom stereocenters. The zero-order chi connectivity index (χ0) is 19.5. The molecule has 0 unspecified atom stereocenters. The summed E-state index contributed by atoms with van der Waals surface area (Å²) < 4.78 is 19.5. The van der Waals surface area contributed by atoms with Crippen LogP contribution in [0, 0.1) is 12.7 Å². The van der Waals surface area contributed by atoms with Gasteiger partial charge >= 0.3 is 0 Å². The van der Waals surface area contributed by atoms with Crippen molar-refractivity contribution in [2.75, 3.05) is 26.7 Å². The van der Waals surface area contributed by atoms with E-state index < -0.39 is 0 Å². The Bertz CT molecular complexity index is 994. The first-order chi connectivity index (χ1) is 13.6. The molecule has 1 N–H and O–H groups in total. The molecule has 0 saturated carbocycles. The molecule has 6 heteroatoms. The Kier molecular flexibility index (Phi) is 5.39. The van der Waals surface area contributed by atoms with Crippen molar-refractivity contribution >= 4 is 11.0 Å². The molecule has 28 heavy (non-hydrogen) atoms. The minimum Gasteiger partial charge on any atom is -0.478 e. The maximum absolute atomic E-state index is 13.7. The van der Waals surface area contributed by atoms with Crippen LogP contribution in [0.2, 0.25) is 0 Å². The van der Waals surface area contributed by atoms with E-state index in [1.54, 1.807) is 19.2 Å². The summed E-state index contributed by atoms with van der Waals surface area (Å²) in [6.45, 7) is 4.58. The Morgan fingerprint density at radius 3 is 2.89 bits per heavy atom. The van der Waals surface area contributed by atoms with Crippen molar-refractivity contribution in [1.82, 2.24) is 19.9 Å². The standard InChI is InChI=1S/C22H25FN4O/c1-15-18(23)6-7-19-21(15)26-22(25-19)17-5-8-20(24-14-17)28-13-3-4-16-9-11-27(2)12-10-16/h5-9,14H,3-4,10-13H2,1-2H3,(H,25,26). The zero-order valence-corrected chi connectivity index (χ0v) is 16.3. The van der Waals surface area contributed by atoms with Gasteiger partial charge in [0.1, 0.15) is 11.6 Å². The molecule has 0 saturated heterocycles. The third-order valence-electron chi connectivity index (χ3n) is 5.25. The lowest BCUT2D eigenvalue weighted by Crippen LogP contribution is -2.24. The van der Waals surface area contributed by atoms with Crippen molar-refractivity contribution < 1.29 is 9.13 Å². The first-order valence-corrected chi connectivity index (χ1v) is 9.70. The van der Waals surface area contributed by atoms with Gasteiger partial charge in [-0.15, -0.1) is 0 Å². The average Bonchev–Trinajstić information content (AvgIpc) is 3.15. The van der Waals surface area contributed by atoms with E-state index in [2.05, 4.69) is 33.0 Å². The maximum atomic E-state index is 13.7. The molecule has 1 aliphatic heterocycles.